The van der Waals surface area contributed by atoms with Gasteiger partial charge >= 0.3 is 12.9 Å². The van der Waals surface area contributed by atoms with E-state index in [0.29, 0.717) is 5.56 Å². The van der Waals surface area contributed by atoms with Crippen LogP contribution in [0.2, 0.25) is 0 Å². The van der Waals surface area contributed by atoms with E-state index in [1.165, 1.54) is 0 Å². The molecule has 326 valence electrons. The number of hydrogen-bond acceptors (Lipinski definition) is 19. The number of aromatic nitrogens is 9. The fourth-order valence-corrected chi connectivity index (χ4v) is 8.31. The molecule has 4 aromatic heterocycles. The topological polar surface area (TPSA) is 311 Å². The van der Waals surface area contributed by atoms with E-state index in [1.807, 2.05) is 0 Å². The molecule has 0 saturated carbocycles. The molecular formula is C33H36F2N11O13PS. The average molecular weight is 896 g/mol. The zero-order chi connectivity index (χ0) is 43.6. The Morgan fingerprint density at radius 2 is 1.74 bits per heavy atom. The Kier molecular flexibility index (Phi) is 13.0. The number of halogens is 2. The van der Waals surface area contributed by atoms with Crippen LogP contribution in [0.25, 0.3) is 22.3 Å². The van der Waals surface area contributed by atoms with Crippen LogP contribution in [0.4, 0.5) is 25.3 Å². The second-order valence-electron chi connectivity index (χ2n) is 13.6. The van der Waals surface area contributed by atoms with Crippen LogP contribution in [0.3, 0.4) is 0 Å². The van der Waals surface area contributed by atoms with Gasteiger partial charge in [0.25, 0.3) is 11.5 Å². The zero-order valence-corrected chi connectivity index (χ0v) is 33.4. The third-order valence-electron chi connectivity index (χ3n) is 9.18. The van der Waals surface area contributed by atoms with E-state index < -0.39 is 112 Å². The number of fused-ring (bicyclic) bond motifs is 2. The number of carboxylic acid groups (broad SMARTS) is 1. The van der Waals surface area contributed by atoms with Crippen molar-refractivity contribution in [3.05, 3.63) is 58.9 Å². The van der Waals surface area contributed by atoms with E-state index in [1.54, 1.807) is 44.2 Å². The van der Waals surface area contributed by atoms with E-state index in [9.17, 15) is 34.5 Å². The van der Waals surface area contributed by atoms with Crippen LogP contribution >= 0.6 is 6.72 Å². The van der Waals surface area contributed by atoms with E-state index in [2.05, 4.69) is 45.9 Å². The molecule has 2 saturated heterocycles. The molecule has 0 radical (unpaired) electrons. The van der Waals surface area contributed by atoms with E-state index in [-0.39, 0.29) is 34.1 Å². The summed E-state index contributed by atoms with van der Waals surface area (Å²) in [6, 6.07) is 8.15. The quantitative estimate of drug-likeness (QED) is 0.0602. The number of nitrogens with zero attached hydrogens (tertiary/aromatic N) is 8. The maximum absolute atomic E-state index is 16.2. The number of aromatic amines is 1. The number of carbonyl (C=O) groups excluding carboxylic acids is 2. The van der Waals surface area contributed by atoms with E-state index in [0.717, 1.165) is 21.9 Å². The lowest BCUT2D eigenvalue weighted by molar-refractivity contribution is -0.118. The third-order valence-corrected chi connectivity index (χ3v) is 11.5. The Bertz CT molecular complexity index is 2520. The molecule has 2 amide bonds. The fourth-order valence-electron chi connectivity index (χ4n) is 6.25. The molecule has 9 atom stereocenters. The summed E-state index contributed by atoms with van der Waals surface area (Å²) in [5, 5.41) is 42.1. The molecular weight excluding hydrogens is 859 g/mol. The van der Waals surface area contributed by atoms with Crippen LogP contribution in [0.5, 0.6) is 0 Å². The molecule has 28 heteroatoms. The predicted molar refractivity (Wildman–Crippen MR) is 205 cm³/mol. The van der Waals surface area contributed by atoms with E-state index in [4.69, 9.17) is 39.6 Å². The zero-order valence-electron chi connectivity index (χ0n) is 31.7. The Morgan fingerprint density at radius 1 is 0.984 bits per heavy atom. The number of nitrogens with one attached hydrogen (secondary N) is 3. The van der Waals surface area contributed by atoms with Gasteiger partial charge in [-0.05, 0) is 23.9 Å². The van der Waals surface area contributed by atoms with Gasteiger partial charge in [0.2, 0.25) is 11.9 Å². The van der Waals surface area contributed by atoms with Gasteiger partial charge in [-0.15, -0.1) is 5.10 Å². The minimum Gasteiger partial charge on any atom is -0.450 e. The number of rotatable bonds is 16. The number of amides is 2. The molecule has 0 spiro atoms. The van der Waals surface area contributed by atoms with Crippen molar-refractivity contribution in [2.24, 2.45) is 5.92 Å². The molecule has 6 N–H and O–H groups in total. The first kappa shape index (κ1) is 43.6. The monoisotopic (exact) mass is 895 g/mol. The normalized spacial score (nSPS) is 24.9. The van der Waals surface area contributed by atoms with Crippen LogP contribution in [0.15, 0.2) is 47.8 Å². The molecule has 0 aliphatic carbocycles. The summed E-state index contributed by atoms with van der Waals surface area (Å²) in [5.74, 6) is -1.86. The van der Waals surface area contributed by atoms with Crippen molar-refractivity contribution in [2.45, 2.75) is 63.1 Å². The first-order valence-electron chi connectivity index (χ1n) is 18.2. The highest BCUT2D eigenvalue weighted by atomic mass is 32.5. The van der Waals surface area contributed by atoms with Gasteiger partial charge in [0.15, 0.2) is 59.0 Å². The van der Waals surface area contributed by atoms with Gasteiger partial charge in [0.1, 0.15) is 24.6 Å². The smallest absolute Gasteiger partial charge is 0.450 e. The highest BCUT2D eigenvalue weighted by Gasteiger charge is 2.53. The Labute approximate surface area is 345 Å². The standard InChI is InChI=1S/C33H36F2N11O13PS/c1-14(2)27(49)41-32-40-26-21(29(51)42-32)38-13-45(26)31-23(18(34)16(10-48)56-31)59-60(61,54-9-8-47)55-11-17-22(58-33(52)53)19(35)30(57-17)46-25-20(43-44-46)24(36-12-37-25)39-28(50)15-6-4-3-5-7-15/h3-7,12-14,16-19,22-23,30-31,47-48H,8-11H2,1-2H3,(H,52,53)(H,36,37,39,50)(H2,40,41,42,49,51)/t16-,17-,18-,19+,22-,23-,30-,31-,60?/m1/s1. The van der Waals surface area contributed by atoms with Gasteiger partial charge in [-0.1, -0.05) is 37.3 Å². The summed E-state index contributed by atoms with van der Waals surface area (Å²) >= 11 is 5.59. The number of hydrogen-bond donors (Lipinski definition) is 6. The number of aliphatic hydroxyl groups excluding tert-OH is 2. The molecule has 1 unspecified atom stereocenters. The lowest BCUT2D eigenvalue weighted by atomic mass is 10.1. The highest BCUT2D eigenvalue weighted by molar-refractivity contribution is 8.07. The number of benzene rings is 1. The first-order valence-corrected chi connectivity index (χ1v) is 20.7. The van der Waals surface area contributed by atoms with Crippen LogP contribution in [0, 0.1) is 5.92 Å². The maximum Gasteiger partial charge on any atom is 0.506 e. The Balaban J connectivity index is 1.14. The first-order chi connectivity index (χ1) is 29.2. The molecule has 2 aliphatic heterocycles. The third kappa shape index (κ3) is 9.09. The predicted octanol–water partition coefficient (Wildman–Crippen LogP) is 1.36. The number of aliphatic hydroxyl groups is 2. The average Bonchev–Trinajstić information content (AvgIpc) is 4.01. The van der Waals surface area contributed by atoms with Gasteiger partial charge in [-0.25, -0.2) is 28.5 Å². The molecule has 5 aromatic rings. The van der Waals surface area contributed by atoms with Gasteiger partial charge in [-0.3, -0.25) is 33.8 Å². The molecule has 61 heavy (non-hydrogen) atoms. The molecule has 6 heterocycles. The summed E-state index contributed by atoms with van der Waals surface area (Å²) in [6.45, 7) is -3.93. The Hall–Kier alpha value is -5.51. The number of carbonyl (C=O) groups is 3. The van der Waals surface area contributed by atoms with Crippen LogP contribution in [-0.2, 0) is 44.4 Å². The second-order valence-corrected chi connectivity index (χ2v) is 16.5. The van der Waals surface area contributed by atoms with Crippen molar-refractivity contribution in [2.75, 3.05) is 37.1 Å². The van der Waals surface area contributed by atoms with Gasteiger partial charge < -0.3 is 43.9 Å². The number of H-pyrrole nitrogens is 1. The van der Waals surface area contributed by atoms with Crippen molar-refractivity contribution in [3.8, 4) is 0 Å². The summed E-state index contributed by atoms with van der Waals surface area (Å²) in [6.07, 6.45) is -14.4. The van der Waals surface area contributed by atoms with Crippen LogP contribution in [0.1, 0.15) is 36.7 Å². The number of alkyl halides is 2. The SMILES string of the molecule is CC(C)C(=O)Nc1nc2c(ncn2[C@@H]2O[C@H](CO)[C@@H](F)[C@H]2OP(=S)(OCCO)OC[C@H]2O[C@@H](n3nnc4c(NC(=O)c5ccccc5)ncnc43)[C@@H](F)[C@@H]2OC(=O)O)c(=O)[nH]1. The molecule has 1 aromatic carbocycles. The highest BCUT2D eigenvalue weighted by Crippen LogP contribution is 2.55. The van der Waals surface area contributed by atoms with Crippen molar-refractivity contribution >= 4 is 70.6 Å². The molecule has 0 bridgehead atoms. The minimum atomic E-state index is -4.31. The van der Waals surface area contributed by atoms with Crippen molar-refractivity contribution in [1.29, 1.82) is 0 Å². The van der Waals surface area contributed by atoms with Crippen molar-refractivity contribution < 1.29 is 66.3 Å². The largest absolute Gasteiger partial charge is 0.506 e. The van der Waals surface area contributed by atoms with Crippen molar-refractivity contribution in [1.82, 2.24) is 44.5 Å². The number of ether oxygens (including phenoxy) is 3. The van der Waals surface area contributed by atoms with Gasteiger partial charge in [0, 0.05) is 11.5 Å². The lowest BCUT2D eigenvalue weighted by Crippen LogP contribution is -2.36. The van der Waals surface area contributed by atoms with Crippen LogP contribution < -0.4 is 16.2 Å². The van der Waals surface area contributed by atoms with Gasteiger partial charge in [-0.2, -0.15) is 9.67 Å². The summed E-state index contributed by atoms with van der Waals surface area (Å²) < 4.78 is 68.2. The summed E-state index contributed by atoms with van der Waals surface area (Å²) in [4.78, 5) is 68.6. The second kappa shape index (κ2) is 18.2. The minimum absolute atomic E-state index is 0.0726. The Morgan fingerprint density at radius 3 is 2.44 bits per heavy atom. The fraction of sp³-hybridized carbons (Fsp3) is 0.455. The summed E-state index contributed by atoms with van der Waals surface area (Å²) in [7, 11) is 0. The lowest BCUT2D eigenvalue weighted by Gasteiger charge is -2.29. The molecule has 24 nitrogen and oxygen atoms in total. The molecule has 2 aliphatic rings. The number of imidazole rings is 1. The van der Waals surface area contributed by atoms with Crippen LogP contribution in [-0.4, -0.2) is 141 Å². The van der Waals surface area contributed by atoms with Gasteiger partial charge in [0.05, 0.1) is 32.8 Å². The molecule has 2 fully saturated rings. The van der Waals surface area contributed by atoms with Crippen molar-refractivity contribution in [3.63, 3.8) is 0 Å². The number of anilines is 2. The molecule has 7 rings (SSSR count). The van der Waals surface area contributed by atoms with E-state index >= 15 is 8.78 Å². The summed E-state index contributed by atoms with van der Waals surface area (Å²) in [5.41, 5.74) is -1.10. The maximum atomic E-state index is 16.2.